The highest BCUT2D eigenvalue weighted by atomic mass is 79.9. The molecule has 0 aliphatic carbocycles. The zero-order valence-corrected chi connectivity index (χ0v) is 21.6. The molecule has 0 N–H and O–H groups in total. The maximum atomic E-state index is 12.4. The molecular weight excluding hydrogens is 565 g/mol. The van der Waals surface area contributed by atoms with Crippen LogP contribution in [0.3, 0.4) is 0 Å². The summed E-state index contributed by atoms with van der Waals surface area (Å²) in [5.41, 5.74) is 2.24. The van der Waals surface area contributed by atoms with Gasteiger partial charge in [-0.1, -0.05) is 62.9 Å². The van der Waals surface area contributed by atoms with Gasteiger partial charge in [0.2, 0.25) is 5.90 Å². The third-order valence-corrected chi connectivity index (χ3v) is 6.27. The number of esters is 1. The normalized spacial score (nSPS) is 14.2. The van der Waals surface area contributed by atoms with Crippen LogP contribution in [0.15, 0.2) is 69.8 Å². The van der Waals surface area contributed by atoms with Gasteiger partial charge in [-0.05, 0) is 66.6 Å². The summed E-state index contributed by atoms with van der Waals surface area (Å²) in [6.45, 7) is 2.59. The van der Waals surface area contributed by atoms with Gasteiger partial charge in [0.15, 0.2) is 17.2 Å². The number of cyclic esters (lactones) is 1. The van der Waals surface area contributed by atoms with Crippen molar-refractivity contribution in [2.45, 2.75) is 13.5 Å². The lowest BCUT2D eigenvalue weighted by Crippen LogP contribution is -2.05. The number of carbonyl (C=O) groups is 1. The first-order valence-corrected chi connectivity index (χ1v) is 12.1. The molecule has 1 heterocycles. The highest BCUT2D eigenvalue weighted by Crippen LogP contribution is 2.38. The molecule has 1 aliphatic heterocycles. The molecule has 1 aliphatic rings. The molecule has 3 aromatic carbocycles. The molecule has 0 saturated carbocycles. The fourth-order valence-corrected chi connectivity index (χ4v) is 3.97. The first-order chi connectivity index (χ1) is 16.3. The lowest BCUT2D eigenvalue weighted by Gasteiger charge is -2.14. The minimum absolute atomic E-state index is 0.114. The fraction of sp³-hybridized carbons (Fsp3) is 0.120. The molecule has 0 saturated heterocycles. The Morgan fingerprint density at radius 2 is 1.74 bits per heavy atom. The van der Waals surface area contributed by atoms with Crippen LogP contribution in [0, 0.1) is 0 Å². The van der Waals surface area contributed by atoms with Crippen molar-refractivity contribution in [2.24, 2.45) is 4.99 Å². The number of halogens is 4. The van der Waals surface area contributed by atoms with Crippen molar-refractivity contribution < 1.29 is 19.0 Å². The summed E-state index contributed by atoms with van der Waals surface area (Å²) in [6, 6.07) is 16.1. The fourth-order valence-electron chi connectivity index (χ4n) is 3.13. The Bertz CT molecular complexity index is 1310. The molecule has 9 heteroatoms. The molecule has 174 valence electrons. The van der Waals surface area contributed by atoms with Crippen LogP contribution in [0.2, 0.25) is 15.1 Å². The van der Waals surface area contributed by atoms with Gasteiger partial charge < -0.3 is 14.2 Å². The Balaban J connectivity index is 1.61. The summed E-state index contributed by atoms with van der Waals surface area (Å²) in [5.74, 6) is 0.424. The van der Waals surface area contributed by atoms with Crippen LogP contribution >= 0.6 is 50.7 Å². The third kappa shape index (κ3) is 5.76. The van der Waals surface area contributed by atoms with Crippen molar-refractivity contribution in [1.82, 2.24) is 0 Å². The molecule has 34 heavy (non-hydrogen) atoms. The number of hydrogen-bond donors (Lipinski definition) is 0. The molecule has 0 spiro atoms. The Labute approximate surface area is 220 Å². The van der Waals surface area contributed by atoms with Gasteiger partial charge in [0, 0.05) is 10.0 Å². The number of hydrogen-bond acceptors (Lipinski definition) is 5. The second-order valence-corrected chi connectivity index (χ2v) is 9.28. The molecule has 0 amide bonds. The van der Waals surface area contributed by atoms with E-state index in [9.17, 15) is 4.79 Å². The molecule has 5 nitrogen and oxygen atoms in total. The van der Waals surface area contributed by atoms with Gasteiger partial charge in [-0.2, -0.15) is 0 Å². The molecule has 0 bridgehead atoms. The maximum absolute atomic E-state index is 12.4. The van der Waals surface area contributed by atoms with E-state index in [0.29, 0.717) is 50.9 Å². The van der Waals surface area contributed by atoms with Gasteiger partial charge in [0.05, 0.1) is 21.7 Å². The van der Waals surface area contributed by atoms with Gasteiger partial charge in [-0.25, -0.2) is 9.79 Å². The molecular formula is C25H17BrCl3NO4. The summed E-state index contributed by atoms with van der Waals surface area (Å²) in [7, 11) is 0. The van der Waals surface area contributed by atoms with Gasteiger partial charge >= 0.3 is 5.97 Å². The Hall–Kier alpha value is -2.51. The van der Waals surface area contributed by atoms with E-state index in [2.05, 4.69) is 20.9 Å². The summed E-state index contributed by atoms with van der Waals surface area (Å²) in [5, 5.41) is 1.07. The standard InChI is InChI=1S/C25H17BrCl3NO4/c1-2-32-22-11-15(9-20(29)23(22)33-13-14-3-6-17(26)7-4-14)10-21-25(31)34-24(30-21)16-5-8-18(27)19(28)12-16/h3-12H,2,13H2,1H3/b21-10-. The molecule has 0 atom stereocenters. The van der Waals surface area contributed by atoms with E-state index in [4.69, 9.17) is 49.0 Å². The van der Waals surface area contributed by atoms with Crippen molar-refractivity contribution in [3.63, 3.8) is 0 Å². The van der Waals surface area contributed by atoms with E-state index in [-0.39, 0.29) is 11.6 Å². The van der Waals surface area contributed by atoms with Crippen LogP contribution in [0.1, 0.15) is 23.6 Å². The van der Waals surface area contributed by atoms with Gasteiger partial charge in [-0.3, -0.25) is 0 Å². The van der Waals surface area contributed by atoms with Gasteiger partial charge in [0.1, 0.15) is 6.61 Å². The average molecular weight is 582 g/mol. The predicted octanol–water partition coefficient (Wildman–Crippen LogP) is 7.73. The summed E-state index contributed by atoms with van der Waals surface area (Å²) < 4.78 is 18.0. The smallest absolute Gasteiger partial charge is 0.363 e. The molecule has 0 radical (unpaired) electrons. The van der Waals surface area contributed by atoms with Crippen LogP contribution in [0.25, 0.3) is 6.08 Å². The molecule has 3 aromatic rings. The maximum Gasteiger partial charge on any atom is 0.363 e. The minimum Gasteiger partial charge on any atom is -0.490 e. The monoisotopic (exact) mass is 579 g/mol. The van der Waals surface area contributed by atoms with Gasteiger partial charge in [-0.15, -0.1) is 0 Å². The summed E-state index contributed by atoms with van der Waals surface area (Å²) in [4.78, 5) is 16.7. The first kappa shape index (κ1) is 24.6. The molecule has 0 fully saturated rings. The number of nitrogens with zero attached hydrogens (tertiary/aromatic N) is 1. The van der Waals surface area contributed by atoms with Gasteiger partial charge in [0.25, 0.3) is 0 Å². The quantitative estimate of drug-likeness (QED) is 0.212. The average Bonchev–Trinajstić information content (AvgIpc) is 3.16. The number of ether oxygens (including phenoxy) is 3. The highest BCUT2D eigenvalue weighted by molar-refractivity contribution is 9.10. The van der Waals surface area contributed by atoms with E-state index in [0.717, 1.165) is 10.0 Å². The number of rotatable bonds is 7. The SMILES string of the molecule is CCOc1cc(/C=C2\N=C(c3ccc(Cl)c(Cl)c3)OC2=O)cc(Cl)c1OCc1ccc(Br)cc1. The second-order valence-electron chi connectivity index (χ2n) is 7.14. The lowest BCUT2D eigenvalue weighted by atomic mass is 10.1. The zero-order chi connectivity index (χ0) is 24.2. The number of benzene rings is 3. The van der Waals surface area contributed by atoms with Crippen LogP contribution in [-0.4, -0.2) is 18.5 Å². The topological polar surface area (TPSA) is 57.1 Å². The zero-order valence-electron chi connectivity index (χ0n) is 17.8. The van der Waals surface area contributed by atoms with Crippen molar-refractivity contribution in [2.75, 3.05) is 6.61 Å². The van der Waals surface area contributed by atoms with Crippen molar-refractivity contribution in [3.8, 4) is 11.5 Å². The van der Waals surface area contributed by atoms with Crippen LogP contribution in [-0.2, 0) is 16.1 Å². The largest absolute Gasteiger partial charge is 0.490 e. The molecule has 4 rings (SSSR count). The number of aliphatic imine (C=N–C) groups is 1. The van der Waals surface area contributed by atoms with Crippen LogP contribution < -0.4 is 9.47 Å². The first-order valence-electron chi connectivity index (χ1n) is 10.2. The van der Waals surface area contributed by atoms with Crippen LogP contribution in [0.4, 0.5) is 0 Å². The van der Waals surface area contributed by atoms with Crippen LogP contribution in [0.5, 0.6) is 11.5 Å². The minimum atomic E-state index is -0.592. The Morgan fingerprint density at radius 3 is 2.44 bits per heavy atom. The molecule has 0 unspecified atom stereocenters. The van der Waals surface area contributed by atoms with Crippen molar-refractivity contribution >= 4 is 68.7 Å². The third-order valence-electron chi connectivity index (χ3n) is 4.72. The van der Waals surface area contributed by atoms with Crippen molar-refractivity contribution in [3.05, 3.63) is 96.5 Å². The van der Waals surface area contributed by atoms with E-state index in [1.807, 2.05) is 31.2 Å². The lowest BCUT2D eigenvalue weighted by molar-refractivity contribution is -0.129. The highest BCUT2D eigenvalue weighted by Gasteiger charge is 2.25. The van der Waals surface area contributed by atoms with Crippen molar-refractivity contribution in [1.29, 1.82) is 0 Å². The number of carbonyl (C=O) groups excluding carboxylic acids is 1. The Kier molecular flexibility index (Phi) is 7.84. The predicted molar refractivity (Wildman–Crippen MR) is 138 cm³/mol. The second kappa shape index (κ2) is 10.8. The van der Waals surface area contributed by atoms with E-state index >= 15 is 0 Å². The summed E-state index contributed by atoms with van der Waals surface area (Å²) in [6.07, 6.45) is 1.57. The summed E-state index contributed by atoms with van der Waals surface area (Å²) >= 11 is 22.0. The van der Waals surface area contributed by atoms with E-state index in [1.54, 1.807) is 36.4 Å². The van der Waals surface area contributed by atoms with E-state index < -0.39 is 5.97 Å². The Morgan fingerprint density at radius 1 is 0.971 bits per heavy atom. The van der Waals surface area contributed by atoms with E-state index in [1.165, 1.54) is 0 Å². The molecule has 0 aromatic heterocycles.